The van der Waals surface area contributed by atoms with Gasteiger partial charge < -0.3 is 5.11 Å². The van der Waals surface area contributed by atoms with E-state index >= 15 is 0 Å². The molecule has 1 aliphatic rings. The molecule has 4 heteroatoms. The molecular weight excluding hydrogens is 257 g/mol. The van der Waals surface area contributed by atoms with Gasteiger partial charge in [0.05, 0.1) is 5.56 Å². The van der Waals surface area contributed by atoms with Crippen molar-refractivity contribution in [3.05, 3.63) is 35.1 Å². The lowest BCUT2D eigenvalue weighted by molar-refractivity contribution is 0.0696. The average Bonchev–Trinajstić information content (AvgIpc) is 2.41. The van der Waals surface area contributed by atoms with Crippen LogP contribution < -0.4 is 0 Å². The Kier molecular flexibility index (Phi) is 4.76. The molecule has 0 radical (unpaired) electrons. The zero-order valence-corrected chi connectivity index (χ0v) is 12.1. The standard InChI is InChI=1S/C16H22FNO2/c1-11-3-7-14(8-4-11)18(2)10-13-6-5-12(16(19)20)9-15(13)17/h5-6,9,11,14H,3-4,7-8,10H2,1-2H3,(H,19,20). The van der Waals surface area contributed by atoms with Gasteiger partial charge in [0.1, 0.15) is 5.82 Å². The summed E-state index contributed by atoms with van der Waals surface area (Å²) in [6, 6.07) is 4.66. The van der Waals surface area contributed by atoms with Gasteiger partial charge in [-0.3, -0.25) is 4.90 Å². The van der Waals surface area contributed by atoms with Gasteiger partial charge in [-0.1, -0.05) is 13.0 Å². The van der Waals surface area contributed by atoms with Crippen molar-refractivity contribution in [2.24, 2.45) is 5.92 Å². The fourth-order valence-electron chi connectivity index (χ4n) is 2.89. The maximum absolute atomic E-state index is 13.9. The fraction of sp³-hybridized carbons (Fsp3) is 0.562. The maximum atomic E-state index is 13.9. The van der Waals surface area contributed by atoms with E-state index in [-0.39, 0.29) is 5.56 Å². The van der Waals surface area contributed by atoms with E-state index in [4.69, 9.17) is 5.11 Å². The number of nitrogens with zero attached hydrogens (tertiary/aromatic N) is 1. The number of benzene rings is 1. The molecule has 0 atom stereocenters. The quantitative estimate of drug-likeness (QED) is 0.916. The molecule has 1 saturated carbocycles. The number of carboxylic acid groups (broad SMARTS) is 1. The molecule has 20 heavy (non-hydrogen) atoms. The van der Waals surface area contributed by atoms with Crippen LogP contribution in [0.1, 0.15) is 48.5 Å². The summed E-state index contributed by atoms with van der Waals surface area (Å²) in [5, 5.41) is 8.83. The molecule has 0 amide bonds. The second-order valence-corrected chi connectivity index (χ2v) is 5.94. The molecule has 110 valence electrons. The van der Waals surface area contributed by atoms with Crippen LogP contribution >= 0.6 is 0 Å². The van der Waals surface area contributed by atoms with Crippen molar-refractivity contribution >= 4 is 5.97 Å². The van der Waals surface area contributed by atoms with Crippen LogP contribution in [0.2, 0.25) is 0 Å². The van der Waals surface area contributed by atoms with Gasteiger partial charge in [0, 0.05) is 18.2 Å². The van der Waals surface area contributed by atoms with Gasteiger partial charge >= 0.3 is 5.97 Å². The summed E-state index contributed by atoms with van der Waals surface area (Å²) in [5.74, 6) is -0.725. The number of carbonyl (C=O) groups is 1. The monoisotopic (exact) mass is 279 g/mol. The zero-order valence-electron chi connectivity index (χ0n) is 12.1. The van der Waals surface area contributed by atoms with Gasteiger partial charge in [-0.25, -0.2) is 9.18 Å². The highest BCUT2D eigenvalue weighted by Gasteiger charge is 2.22. The Bertz CT molecular complexity index is 481. The van der Waals surface area contributed by atoms with Crippen LogP contribution in [-0.2, 0) is 6.54 Å². The molecule has 0 bridgehead atoms. The molecule has 1 aromatic carbocycles. The molecule has 3 nitrogen and oxygen atoms in total. The third-order valence-electron chi connectivity index (χ3n) is 4.33. The van der Waals surface area contributed by atoms with Gasteiger partial charge in [0.2, 0.25) is 0 Å². The highest BCUT2D eigenvalue weighted by atomic mass is 19.1. The smallest absolute Gasteiger partial charge is 0.335 e. The lowest BCUT2D eigenvalue weighted by atomic mass is 9.86. The van der Waals surface area contributed by atoms with Crippen molar-refractivity contribution in [2.45, 2.75) is 45.2 Å². The Morgan fingerprint density at radius 3 is 2.55 bits per heavy atom. The van der Waals surface area contributed by atoms with Crippen molar-refractivity contribution in [1.29, 1.82) is 0 Å². The molecule has 0 unspecified atom stereocenters. The first-order valence-corrected chi connectivity index (χ1v) is 7.19. The number of carboxylic acids is 1. The number of hydrogen-bond acceptors (Lipinski definition) is 2. The van der Waals surface area contributed by atoms with E-state index in [9.17, 15) is 9.18 Å². The molecule has 1 fully saturated rings. The van der Waals surface area contributed by atoms with Crippen molar-refractivity contribution in [3.8, 4) is 0 Å². The summed E-state index contributed by atoms with van der Waals surface area (Å²) in [4.78, 5) is 13.0. The minimum atomic E-state index is -1.09. The summed E-state index contributed by atoms with van der Waals surface area (Å²) in [6.45, 7) is 2.81. The van der Waals surface area contributed by atoms with E-state index in [1.807, 2.05) is 7.05 Å². The Hall–Kier alpha value is -1.42. The molecule has 0 spiro atoms. The minimum absolute atomic E-state index is 0.000365. The third-order valence-corrected chi connectivity index (χ3v) is 4.33. The average molecular weight is 279 g/mol. The van der Waals surface area contributed by atoms with E-state index in [0.29, 0.717) is 18.2 Å². The highest BCUT2D eigenvalue weighted by Crippen LogP contribution is 2.27. The maximum Gasteiger partial charge on any atom is 0.335 e. The van der Waals surface area contributed by atoms with Gasteiger partial charge in [-0.2, -0.15) is 0 Å². The largest absolute Gasteiger partial charge is 0.478 e. The molecule has 1 aliphatic carbocycles. The van der Waals surface area contributed by atoms with Gasteiger partial charge in [-0.15, -0.1) is 0 Å². The predicted octanol–water partition coefficient (Wildman–Crippen LogP) is 3.53. The number of rotatable bonds is 4. The third kappa shape index (κ3) is 3.57. The van der Waals surface area contributed by atoms with E-state index in [2.05, 4.69) is 11.8 Å². The van der Waals surface area contributed by atoms with Crippen LogP contribution in [0.25, 0.3) is 0 Å². The Labute approximate surface area is 119 Å². The number of halogens is 1. The second kappa shape index (κ2) is 6.35. The lowest BCUT2D eigenvalue weighted by Gasteiger charge is -2.33. The van der Waals surface area contributed by atoms with E-state index < -0.39 is 11.8 Å². The SMILES string of the molecule is CC1CCC(N(C)Cc2ccc(C(=O)O)cc2F)CC1. The van der Waals surface area contributed by atoms with Crippen molar-refractivity contribution in [1.82, 2.24) is 4.90 Å². The van der Waals surface area contributed by atoms with Crippen molar-refractivity contribution < 1.29 is 14.3 Å². The molecule has 0 saturated heterocycles. The Morgan fingerprint density at radius 2 is 2.00 bits per heavy atom. The summed E-state index contributed by atoms with van der Waals surface area (Å²) < 4.78 is 13.9. The van der Waals surface area contributed by atoms with Crippen LogP contribution in [0.15, 0.2) is 18.2 Å². The topological polar surface area (TPSA) is 40.5 Å². The first-order valence-electron chi connectivity index (χ1n) is 7.19. The van der Waals surface area contributed by atoms with Gasteiger partial charge in [-0.05, 0) is 50.8 Å². The summed E-state index contributed by atoms with van der Waals surface area (Å²) >= 11 is 0. The van der Waals surface area contributed by atoms with Crippen molar-refractivity contribution in [2.75, 3.05) is 7.05 Å². The van der Waals surface area contributed by atoms with E-state index in [1.54, 1.807) is 6.07 Å². The van der Waals surface area contributed by atoms with Crippen LogP contribution in [0.5, 0.6) is 0 Å². The molecule has 0 aromatic heterocycles. The summed E-state index contributed by atoms with van der Waals surface area (Å²) in [6.07, 6.45) is 4.78. The second-order valence-electron chi connectivity index (χ2n) is 5.94. The number of aromatic carboxylic acids is 1. The van der Waals surface area contributed by atoms with Gasteiger partial charge in [0.25, 0.3) is 0 Å². The van der Waals surface area contributed by atoms with Crippen LogP contribution in [0, 0.1) is 11.7 Å². The molecule has 0 aliphatic heterocycles. The molecule has 1 N–H and O–H groups in total. The minimum Gasteiger partial charge on any atom is -0.478 e. The van der Waals surface area contributed by atoms with E-state index in [1.165, 1.54) is 18.9 Å². The van der Waals surface area contributed by atoms with E-state index in [0.717, 1.165) is 24.8 Å². The van der Waals surface area contributed by atoms with Crippen molar-refractivity contribution in [3.63, 3.8) is 0 Å². The summed E-state index contributed by atoms with van der Waals surface area (Å²) in [7, 11) is 2.02. The van der Waals surface area contributed by atoms with Crippen LogP contribution in [-0.4, -0.2) is 29.1 Å². The zero-order chi connectivity index (χ0) is 14.7. The Morgan fingerprint density at radius 1 is 1.35 bits per heavy atom. The first kappa shape index (κ1) is 15.0. The fourth-order valence-corrected chi connectivity index (χ4v) is 2.89. The lowest BCUT2D eigenvalue weighted by Crippen LogP contribution is -2.34. The van der Waals surface area contributed by atoms with Crippen LogP contribution in [0.3, 0.4) is 0 Å². The normalized spacial score (nSPS) is 23.0. The molecular formula is C16H22FNO2. The highest BCUT2D eigenvalue weighted by molar-refractivity contribution is 5.87. The van der Waals surface area contributed by atoms with Gasteiger partial charge in [0.15, 0.2) is 0 Å². The Balaban J connectivity index is 2.00. The first-order chi connectivity index (χ1) is 9.47. The molecule has 0 heterocycles. The number of hydrogen-bond donors (Lipinski definition) is 1. The summed E-state index contributed by atoms with van der Waals surface area (Å²) in [5.41, 5.74) is 0.566. The van der Waals surface area contributed by atoms with Crippen LogP contribution in [0.4, 0.5) is 4.39 Å². The molecule has 1 aromatic rings. The molecule has 2 rings (SSSR count). The predicted molar refractivity (Wildman–Crippen MR) is 76.2 cm³/mol.